The first kappa shape index (κ1) is 18.9. The minimum atomic E-state index is -0.634. The lowest BCUT2D eigenvalue weighted by molar-refractivity contribution is 0.0507. The number of imide groups is 1. The quantitative estimate of drug-likeness (QED) is 0.667. The largest absolute Gasteiger partial charge is 0.322 e. The Kier molecular flexibility index (Phi) is 4.50. The number of nitrogens with one attached hydrogen (secondary N) is 1. The number of nitrogens with zero attached hydrogens (tertiary/aromatic N) is 3. The van der Waals surface area contributed by atoms with Crippen molar-refractivity contribution in [1.29, 1.82) is 0 Å². The predicted octanol–water partition coefficient (Wildman–Crippen LogP) is 3.85. The average Bonchev–Trinajstić information content (AvgIpc) is 3.29. The van der Waals surface area contributed by atoms with Gasteiger partial charge in [-0.25, -0.2) is 0 Å². The summed E-state index contributed by atoms with van der Waals surface area (Å²) in [4.78, 5) is 40.1. The number of hydrogen-bond acceptors (Lipinski definition) is 6. The highest BCUT2D eigenvalue weighted by Gasteiger charge is 2.42. The lowest BCUT2D eigenvalue weighted by Crippen LogP contribution is -2.45. The lowest BCUT2D eigenvalue weighted by atomic mass is 10.1. The second kappa shape index (κ2) is 6.89. The van der Waals surface area contributed by atoms with Gasteiger partial charge in [-0.2, -0.15) is 0 Å². The van der Waals surface area contributed by atoms with Crippen molar-refractivity contribution in [1.82, 2.24) is 14.5 Å². The van der Waals surface area contributed by atoms with Crippen molar-refractivity contribution in [3.05, 3.63) is 65.4 Å². The van der Waals surface area contributed by atoms with E-state index in [4.69, 9.17) is 0 Å². The predicted molar refractivity (Wildman–Crippen MR) is 110 cm³/mol. The van der Waals surface area contributed by atoms with E-state index in [0.717, 1.165) is 10.4 Å². The minimum Gasteiger partial charge on any atom is -0.322 e. The number of hydrogen-bond donors (Lipinski definition) is 1. The molecular formula is C21H18N4O3S. The Bertz CT molecular complexity index is 1120. The summed E-state index contributed by atoms with van der Waals surface area (Å²) in [6, 6.07) is 11.9. The Morgan fingerprint density at radius 3 is 2.31 bits per heavy atom. The molecule has 2 heterocycles. The van der Waals surface area contributed by atoms with Crippen LogP contribution in [-0.4, -0.2) is 37.7 Å². The Morgan fingerprint density at radius 1 is 1.00 bits per heavy atom. The standard InChI is InChI=1S/C21H18N4O3S/c1-21(2,3)25-19(27)15-9-6-13(10-16(15)20(25)28)18(26)23-14-7-4-12(5-8-14)17-11-22-24-29-17/h4-11H,1-3H3,(H,23,26). The summed E-state index contributed by atoms with van der Waals surface area (Å²) in [5.41, 5.74) is 1.84. The molecule has 0 spiro atoms. The SMILES string of the molecule is CC(C)(C)N1C(=O)c2ccc(C(=O)Nc3ccc(-c4cnns4)cc3)cc2C1=O. The van der Waals surface area contributed by atoms with Crippen LogP contribution in [-0.2, 0) is 0 Å². The smallest absolute Gasteiger partial charge is 0.262 e. The summed E-state index contributed by atoms with van der Waals surface area (Å²) in [5.74, 6) is -1.07. The van der Waals surface area contributed by atoms with Gasteiger partial charge >= 0.3 is 0 Å². The number of anilines is 1. The monoisotopic (exact) mass is 406 g/mol. The van der Waals surface area contributed by atoms with Crippen molar-refractivity contribution in [2.45, 2.75) is 26.3 Å². The van der Waals surface area contributed by atoms with Gasteiger partial charge in [-0.3, -0.25) is 19.3 Å². The fourth-order valence-electron chi connectivity index (χ4n) is 3.21. The molecule has 1 aliphatic rings. The Morgan fingerprint density at radius 2 is 1.69 bits per heavy atom. The molecule has 1 aromatic heterocycles. The molecule has 0 saturated carbocycles. The van der Waals surface area contributed by atoms with Crippen LogP contribution in [0.1, 0.15) is 51.8 Å². The van der Waals surface area contributed by atoms with Crippen LogP contribution in [0, 0.1) is 0 Å². The molecule has 0 aliphatic carbocycles. The number of benzene rings is 2. The normalized spacial score (nSPS) is 13.6. The summed E-state index contributed by atoms with van der Waals surface area (Å²) in [6.07, 6.45) is 1.68. The minimum absolute atomic E-state index is 0.255. The first-order valence-electron chi connectivity index (χ1n) is 8.98. The second-order valence-corrected chi connectivity index (χ2v) is 8.48. The van der Waals surface area contributed by atoms with E-state index >= 15 is 0 Å². The number of fused-ring (bicyclic) bond motifs is 1. The summed E-state index contributed by atoms with van der Waals surface area (Å²) in [5, 5.41) is 6.63. The molecule has 0 bridgehead atoms. The summed E-state index contributed by atoms with van der Waals surface area (Å²) in [7, 11) is 0. The van der Waals surface area contributed by atoms with Gasteiger partial charge < -0.3 is 5.32 Å². The number of rotatable bonds is 3. The molecule has 3 amide bonds. The third-order valence-electron chi connectivity index (χ3n) is 4.61. The van der Waals surface area contributed by atoms with Crippen LogP contribution in [0.5, 0.6) is 0 Å². The third-order valence-corrected chi connectivity index (χ3v) is 5.32. The van der Waals surface area contributed by atoms with Crippen LogP contribution in [0.3, 0.4) is 0 Å². The molecule has 0 radical (unpaired) electrons. The number of amides is 3. The summed E-state index contributed by atoms with van der Waals surface area (Å²) in [6.45, 7) is 5.40. The topological polar surface area (TPSA) is 92.3 Å². The second-order valence-electron chi connectivity index (χ2n) is 7.69. The molecule has 29 heavy (non-hydrogen) atoms. The van der Waals surface area contributed by atoms with Gasteiger partial charge in [0.15, 0.2) is 0 Å². The molecule has 8 heteroatoms. The highest BCUT2D eigenvalue weighted by atomic mass is 32.1. The maximum Gasteiger partial charge on any atom is 0.262 e. The summed E-state index contributed by atoms with van der Waals surface area (Å²) >= 11 is 1.29. The Labute approximate surface area is 171 Å². The molecule has 0 fully saturated rings. The molecule has 0 atom stereocenters. The van der Waals surface area contributed by atoms with Gasteiger partial charge in [0.25, 0.3) is 17.7 Å². The van der Waals surface area contributed by atoms with E-state index in [0.29, 0.717) is 16.8 Å². The van der Waals surface area contributed by atoms with E-state index in [1.54, 1.807) is 45.2 Å². The molecule has 0 unspecified atom stereocenters. The van der Waals surface area contributed by atoms with Crippen molar-refractivity contribution in [3.8, 4) is 10.4 Å². The number of carbonyl (C=O) groups is 3. The van der Waals surface area contributed by atoms with Crippen LogP contribution in [0.25, 0.3) is 10.4 Å². The zero-order chi connectivity index (χ0) is 20.8. The molecule has 3 aromatic rings. The van der Waals surface area contributed by atoms with Crippen LogP contribution in [0.4, 0.5) is 5.69 Å². The van der Waals surface area contributed by atoms with Gasteiger partial charge in [0.05, 0.1) is 22.2 Å². The highest BCUT2D eigenvalue weighted by molar-refractivity contribution is 7.09. The van der Waals surface area contributed by atoms with E-state index in [-0.39, 0.29) is 23.3 Å². The van der Waals surface area contributed by atoms with E-state index in [1.165, 1.54) is 28.6 Å². The first-order valence-corrected chi connectivity index (χ1v) is 9.75. The Balaban J connectivity index is 1.55. The number of aromatic nitrogens is 2. The molecule has 0 saturated heterocycles. The van der Waals surface area contributed by atoms with E-state index < -0.39 is 5.54 Å². The molecule has 7 nitrogen and oxygen atoms in total. The summed E-state index contributed by atoms with van der Waals surface area (Å²) < 4.78 is 3.84. The van der Waals surface area contributed by atoms with Gasteiger partial charge in [-0.05, 0) is 68.2 Å². The molecule has 1 N–H and O–H groups in total. The first-order chi connectivity index (χ1) is 13.8. The van der Waals surface area contributed by atoms with E-state index in [2.05, 4.69) is 14.9 Å². The highest BCUT2D eigenvalue weighted by Crippen LogP contribution is 2.30. The fourth-order valence-corrected chi connectivity index (χ4v) is 3.72. The maximum absolute atomic E-state index is 12.7. The van der Waals surface area contributed by atoms with Gasteiger partial charge in [-0.1, -0.05) is 16.6 Å². The van der Waals surface area contributed by atoms with E-state index in [9.17, 15) is 14.4 Å². The lowest BCUT2D eigenvalue weighted by Gasteiger charge is -2.29. The van der Waals surface area contributed by atoms with Crippen LogP contribution < -0.4 is 5.32 Å². The van der Waals surface area contributed by atoms with Crippen molar-refractivity contribution in [2.75, 3.05) is 5.32 Å². The van der Waals surface area contributed by atoms with Crippen LogP contribution in [0.2, 0.25) is 0 Å². The van der Waals surface area contributed by atoms with Crippen molar-refractivity contribution < 1.29 is 14.4 Å². The van der Waals surface area contributed by atoms with Gasteiger partial charge in [0.1, 0.15) is 0 Å². The molecule has 1 aliphatic heterocycles. The van der Waals surface area contributed by atoms with Crippen molar-refractivity contribution in [2.24, 2.45) is 0 Å². The Hall–Kier alpha value is -3.39. The zero-order valence-electron chi connectivity index (χ0n) is 16.1. The average molecular weight is 406 g/mol. The van der Waals surface area contributed by atoms with Crippen LogP contribution >= 0.6 is 11.5 Å². The molecule has 146 valence electrons. The zero-order valence-corrected chi connectivity index (χ0v) is 16.9. The number of carbonyl (C=O) groups excluding carboxylic acids is 3. The molecular weight excluding hydrogens is 388 g/mol. The van der Waals surface area contributed by atoms with Crippen molar-refractivity contribution >= 4 is 34.9 Å². The van der Waals surface area contributed by atoms with Crippen molar-refractivity contribution in [3.63, 3.8) is 0 Å². The molecule has 2 aromatic carbocycles. The third kappa shape index (κ3) is 3.42. The van der Waals surface area contributed by atoms with Gasteiger partial charge in [-0.15, -0.1) is 5.10 Å². The van der Waals surface area contributed by atoms with Gasteiger partial charge in [0.2, 0.25) is 0 Å². The fraction of sp³-hybridized carbons (Fsp3) is 0.190. The maximum atomic E-state index is 12.7. The molecule has 4 rings (SSSR count). The van der Waals surface area contributed by atoms with Gasteiger partial charge in [0, 0.05) is 16.8 Å². The van der Waals surface area contributed by atoms with Crippen LogP contribution in [0.15, 0.2) is 48.7 Å². The van der Waals surface area contributed by atoms with E-state index in [1.807, 2.05) is 12.1 Å².